The molecule has 1 aliphatic heterocycles. The summed E-state index contributed by atoms with van der Waals surface area (Å²) in [4.78, 5) is 34.6. The molecule has 0 unspecified atom stereocenters. The Balaban J connectivity index is 1.49. The second-order valence-electron chi connectivity index (χ2n) is 7.62. The predicted octanol–water partition coefficient (Wildman–Crippen LogP) is 2.62. The number of amides is 2. The number of aromatic nitrogens is 2. The Bertz CT molecular complexity index is 906. The van der Waals surface area contributed by atoms with Gasteiger partial charge in [-0.05, 0) is 49.8 Å². The Morgan fingerprint density at radius 3 is 2.72 bits per heavy atom. The molecule has 1 aromatic carbocycles. The number of carbonyl (C=O) groups is 2. The van der Waals surface area contributed by atoms with Crippen LogP contribution < -0.4 is 16.4 Å². The minimum absolute atomic E-state index is 0.0601. The summed E-state index contributed by atoms with van der Waals surface area (Å²) in [5.74, 6) is 1.36. The number of carbonyl (C=O) groups excluding carboxylic acids is 2. The summed E-state index contributed by atoms with van der Waals surface area (Å²) in [5, 5.41) is 6.40. The number of likely N-dealkylation sites (tertiary alicyclic amines) is 1. The number of hydrogen-bond donors (Lipinski definition) is 3. The van der Waals surface area contributed by atoms with Crippen molar-refractivity contribution in [2.45, 2.75) is 38.0 Å². The fraction of sp³-hybridized carbons (Fsp3) is 0.429. The highest BCUT2D eigenvalue weighted by molar-refractivity contribution is 5.95. The van der Waals surface area contributed by atoms with E-state index in [2.05, 4.69) is 20.6 Å². The van der Waals surface area contributed by atoms with Crippen molar-refractivity contribution in [3.63, 3.8) is 0 Å². The van der Waals surface area contributed by atoms with Crippen molar-refractivity contribution in [2.75, 3.05) is 30.3 Å². The van der Waals surface area contributed by atoms with Gasteiger partial charge in [-0.2, -0.15) is 4.98 Å². The molecule has 0 atom stereocenters. The smallest absolute Gasteiger partial charge is 0.253 e. The first kappa shape index (κ1) is 19.2. The van der Waals surface area contributed by atoms with Crippen molar-refractivity contribution in [3.05, 3.63) is 41.6 Å². The van der Waals surface area contributed by atoms with Crippen LogP contribution in [0.4, 0.5) is 17.5 Å². The van der Waals surface area contributed by atoms with E-state index in [1.807, 2.05) is 35.4 Å². The van der Waals surface area contributed by atoms with Crippen molar-refractivity contribution in [1.82, 2.24) is 14.9 Å². The summed E-state index contributed by atoms with van der Waals surface area (Å²) in [7, 11) is 0. The zero-order valence-corrected chi connectivity index (χ0v) is 16.4. The zero-order chi connectivity index (χ0) is 20.2. The number of anilines is 3. The lowest BCUT2D eigenvalue weighted by Gasteiger charge is -2.16. The van der Waals surface area contributed by atoms with Crippen LogP contribution in [-0.2, 0) is 4.79 Å². The van der Waals surface area contributed by atoms with Crippen LogP contribution in [0.25, 0.3) is 0 Å². The largest absolute Gasteiger partial charge is 0.370 e. The van der Waals surface area contributed by atoms with Gasteiger partial charge in [0.05, 0.1) is 0 Å². The fourth-order valence-electron chi connectivity index (χ4n) is 3.55. The Hall–Kier alpha value is -3.16. The molecule has 8 heteroatoms. The average Bonchev–Trinajstić information content (AvgIpc) is 3.40. The van der Waals surface area contributed by atoms with E-state index in [9.17, 15) is 9.59 Å². The van der Waals surface area contributed by atoms with Crippen LogP contribution >= 0.6 is 0 Å². The second-order valence-corrected chi connectivity index (χ2v) is 7.62. The number of hydrogen-bond acceptors (Lipinski definition) is 6. The van der Waals surface area contributed by atoms with E-state index in [-0.39, 0.29) is 18.2 Å². The van der Waals surface area contributed by atoms with Crippen LogP contribution in [0.1, 0.15) is 53.9 Å². The standard InChI is InChI=1S/C21H26N6O2/c22-18(28)8-9-23-19-17(14-6-7-14)13-24-21(26-19)25-16-5-3-4-15(12-16)20(29)27-10-1-2-11-27/h3-5,12-14H,1-2,6-11H2,(H2,22,28)(H2,23,24,25,26). The molecule has 29 heavy (non-hydrogen) atoms. The Labute approximate surface area is 169 Å². The van der Waals surface area contributed by atoms with E-state index in [1.54, 1.807) is 0 Å². The van der Waals surface area contributed by atoms with Gasteiger partial charge in [-0.3, -0.25) is 9.59 Å². The molecule has 2 heterocycles. The van der Waals surface area contributed by atoms with Crippen molar-refractivity contribution in [3.8, 4) is 0 Å². The molecule has 4 rings (SSSR count). The van der Waals surface area contributed by atoms with Crippen molar-refractivity contribution in [2.24, 2.45) is 5.73 Å². The highest BCUT2D eigenvalue weighted by atomic mass is 16.2. The van der Waals surface area contributed by atoms with Crippen molar-refractivity contribution >= 4 is 29.3 Å². The van der Waals surface area contributed by atoms with E-state index in [0.717, 1.165) is 55.8 Å². The van der Waals surface area contributed by atoms with Crippen LogP contribution in [-0.4, -0.2) is 46.3 Å². The molecule has 0 bridgehead atoms. The third-order valence-electron chi connectivity index (χ3n) is 5.26. The molecule has 1 aliphatic carbocycles. The fourth-order valence-corrected chi connectivity index (χ4v) is 3.55. The number of benzene rings is 1. The van der Waals surface area contributed by atoms with Gasteiger partial charge in [-0.25, -0.2) is 4.98 Å². The minimum atomic E-state index is -0.350. The molecule has 0 radical (unpaired) electrons. The number of rotatable bonds is 8. The molecule has 2 fully saturated rings. The Morgan fingerprint density at radius 2 is 2.00 bits per heavy atom. The van der Waals surface area contributed by atoms with Crippen molar-refractivity contribution < 1.29 is 9.59 Å². The first-order valence-corrected chi connectivity index (χ1v) is 10.2. The maximum atomic E-state index is 12.6. The van der Waals surface area contributed by atoms with E-state index in [1.165, 1.54) is 0 Å². The molecule has 2 aliphatic rings. The Kier molecular flexibility index (Phi) is 5.59. The number of nitrogens with two attached hydrogens (primary N) is 1. The molecule has 2 amide bonds. The summed E-state index contributed by atoms with van der Waals surface area (Å²) < 4.78 is 0. The number of nitrogens with one attached hydrogen (secondary N) is 2. The van der Waals surface area contributed by atoms with Gasteiger partial charge in [-0.1, -0.05) is 6.07 Å². The molecule has 152 valence electrons. The lowest BCUT2D eigenvalue weighted by atomic mass is 10.1. The summed E-state index contributed by atoms with van der Waals surface area (Å²) in [6.45, 7) is 2.08. The quantitative estimate of drug-likeness (QED) is 0.634. The van der Waals surface area contributed by atoms with Crippen LogP contribution in [0.2, 0.25) is 0 Å². The highest BCUT2D eigenvalue weighted by Gasteiger charge is 2.27. The highest BCUT2D eigenvalue weighted by Crippen LogP contribution is 2.42. The van der Waals surface area contributed by atoms with E-state index >= 15 is 0 Å². The molecule has 1 saturated heterocycles. The maximum absolute atomic E-state index is 12.6. The topological polar surface area (TPSA) is 113 Å². The number of nitrogens with zero attached hydrogens (tertiary/aromatic N) is 3. The van der Waals surface area contributed by atoms with Gasteiger partial charge in [0.2, 0.25) is 11.9 Å². The van der Waals surface area contributed by atoms with Crippen LogP contribution in [0.5, 0.6) is 0 Å². The molecule has 0 spiro atoms. The monoisotopic (exact) mass is 394 g/mol. The van der Waals surface area contributed by atoms with Gasteiger partial charge in [0.15, 0.2) is 0 Å². The maximum Gasteiger partial charge on any atom is 0.253 e. The van der Waals surface area contributed by atoms with Gasteiger partial charge in [0, 0.05) is 49.1 Å². The minimum Gasteiger partial charge on any atom is -0.370 e. The summed E-state index contributed by atoms with van der Waals surface area (Å²) in [5.41, 5.74) is 7.72. The van der Waals surface area contributed by atoms with Crippen LogP contribution in [0.15, 0.2) is 30.5 Å². The summed E-state index contributed by atoms with van der Waals surface area (Å²) in [6, 6.07) is 7.41. The molecule has 1 aromatic heterocycles. The van der Waals surface area contributed by atoms with Gasteiger partial charge >= 0.3 is 0 Å². The Morgan fingerprint density at radius 1 is 1.21 bits per heavy atom. The molecule has 1 saturated carbocycles. The van der Waals surface area contributed by atoms with Gasteiger partial charge in [-0.15, -0.1) is 0 Å². The lowest BCUT2D eigenvalue weighted by Crippen LogP contribution is -2.27. The van der Waals surface area contributed by atoms with Gasteiger partial charge in [0.1, 0.15) is 5.82 Å². The number of primary amides is 1. The first-order chi connectivity index (χ1) is 14.1. The molecule has 4 N–H and O–H groups in total. The van der Waals surface area contributed by atoms with Crippen molar-refractivity contribution in [1.29, 1.82) is 0 Å². The van der Waals surface area contributed by atoms with E-state index < -0.39 is 0 Å². The van der Waals surface area contributed by atoms with Crippen LogP contribution in [0, 0.1) is 0 Å². The molecule has 2 aromatic rings. The average molecular weight is 394 g/mol. The molecular weight excluding hydrogens is 368 g/mol. The normalized spacial score (nSPS) is 15.9. The van der Waals surface area contributed by atoms with Crippen LogP contribution in [0.3, 0.4) is 0 Å². The third-order valence-corrected chi connectivity index (χ3v) is 5.26. The molecular formula is C21H26N6O2. The van der Waals surface area contributed by atoms with E-state index in [0.29, 0.717) is 24.0 Å². The summed E-state index contributed by atoms with van der Waals surface area (Å²) in [6.07, 6.45) is 6.46. The summed E-state index contributed by atoms with van der Waals surface area (Å²) >= 11 is 0. The second kappa shape index (κ2) is 8.46. The molecule has 8 nitrogen and oxygen atoms in total. The zero-order valence-electron chi connectivity index (χ0n) is 16.4. The van der Waals surface area contributed by atoms with Gasteiger partial charge in [0.25, 0.3) is 5.91 Å². The third kappa shape index (κ3) is 4.82. The lowest BCUT2D eigenvalue weighted by molar-refractivity contribution is -0.117. The predicted molar refractivity (Wildman–Crippen MR) is 111 cm³/mol. The van der Waals surface area contributed by atoms with E-state index in [4.69, 9.17) is 5.73 Å². The SMILES string of the molecule is NC(=O)CCNc1nc(Nc2cccc(C(=O)N3CCCC3)c2)ncc1C1CC1. The first-order valence-electron chi connectivity index (χ1n) is 10.2. The van der Waals surface area contributed by atoms with Gasteiger partial charge < -0.3 is 21.3 Å².